The molecule has 0 bridgehead atoms. The molecule has 0 unspecified atom stereocenters. The van der Waals surface area contributed by atoms with Crippen LogP contribution in [0.2, 0.25) is 0 Å². The normalized spacial score (nSPS) is 12.5. The van der Waals surface area contributed by atoms with Gasteiger partial charge in [0.1, 0.15) is 20.4 Å². The molecular formula is C16H26O9S. The SMILES string of the molecule is Cc1ccc(S(=O)(=O)COCC(COCO)(COCO)COCO)cc1. The van der Waals surface area contributed by atoms with Gasteiger partial charge in [0.2, 0.25) is 9.84 Å². The molecule has 0 fully saturated rings. The van der Waals surface area contributed by atoms with E-state index in [0.29, 0.717) is 0 Å². The first-order chi connectivity index (χ1) is 12.4. The first-order valence-corrected chi connectivity index (χ1v) is 9.47. The molecule has 9 nitrogen and oxygen atoms in total. The third kappa shape index (κ3) is 7.64. The maximum Gasteiger partial charge on any atom is 0.202 e. The summed E-state index contributed by atoms with van der Waals surface area (Å²) in [6.45, 7) is -0.274. The number of sulfone groups is 1. The zero-order valence-electron chi connectivity index (χ0n) is 14.7. The van der Waals surface area contributed by atoms with E-state index in [1.165, 1.54) is 12.1 Å². The summed E-state index contributed by atoms with van der Waals surface area (Å²) in [6.07, 6.45) is 0. The minimum Gasteiger partial charge on any atom is -0.371 e. The fourth-order valence-electron chi connectivity index (χ4n) is 2.22. The highest BCUT2D eigenvalue weighted by Crippen LogP contribution is 2.21. The average molecular weight is 394 g/mol. The largest absolute Gasteiger partial charge is 0.371 e. The fourth-order valence-corrected chi connectivity index (χ4v) is 3.21. The minimum atomic E-state index is -3.65. The van der Waals surface area contributed by atoms with Crippen molar-refractivity contribution in [2.45, 2.75) is 11.8 Å². The van der Waals surface area contributed by atoms with Gasteiger partial charge in [0.25, 0.3) is 0 Å². The van der Waals surface area contributed by atoms with Crippen LogP contribution in [-0.4, -0.2) is 76.5 Å². The first kappa shape index (κ1) is 22.9. The molecule has 1 aromatic rings. The fraction of sp³-hybridized carbons (Fsp3) is 0.625. The molecule has 0 heterocycles. The van der Waals surface area contributed by atoms with Gasteiger partial charge in [-0.05, 0) is 19.1 Å². The van der Waals surface area contributed by atoms with Crippen LogP contribution in [0.3, 0.4) is 0 Å². The van der Waals surface area contributed by atoms with E-state index < -0.39 is 41.6 Å². The molecule has 0 aliphatic rings. The summed E-state index contributed by atoms with van der Waals surface area (Å²) in [5.41, 5.74) is -0.0795. The van der Waals surface area contributed by atoms with Gasteiger partial charge in [-0.3, -0.25) is 0 Å². The lowest BCUT2D eigenvalue weighted by Crippen LogP contribution is -2.42. The highest BCUT2D eigenvalue weighted by molar-refractivity contribution is 7.91. The maximum atomic E-state index is 12.3. The molecule has 0 aliphatic heterocycles. The van der Waals surface area contributed by atoms with Crippen molar-refractivity contribution in [3.8, 4) is 0 Å². The number of hydrogen-bond acceptors (Lipinski definition) is 9. The van der Waals surface area contributed by atoms with Crippen LogP contribution in [0.15, 0.2) is 29.2 Å². The van der Waals surface area contributed by atoms with Gasteiger partial charge in [0, 0.05) is 0 Å². The second kappa shape index (κ2) is 11.6. The first-order valence-electron chi connectivity index (χ1n) is 7.82. The van der Waals surface area contributed by atoms with E-state index in [-0.39, 0.29) is 31.3 Å². The molecule has 0 aromatic heterocycles. The van der Waals surface area contributed by atoms with Crippen LogP contribution < -0.4 is 0 Å². The number of aryl methyl sites for hydroxylation is 1. The summed E-state index contributed by atoms with van der Waals surface area (Å²) >= 11 is 0. The summed E-state index contributed by atoms with van der Waals surface area (Å²) in [5.74, 6) is -0.574. The Balaban J connectivity index is 2.77. The van der Waals surface area contributed by atoms with Gasteiger partial charge >= 0.3 is 0 Å². The molecule has 150 valence electrons. The Bertz CT molecular complexity index is 579. The van der Waals surface area contributed by atoms with Gasteiger partial charge in [0.15, 0.2) is 5.94 Å². The molecule has 10 heteroatoms. The molecule has 0 atom stereocenters. The monoisotopic (exact) mass is 394 g/mol. The van der Waals surface area contributed by atoms with Crippen molar-refractivity contribution in [2.24, 2.45) is 5.41 Å². The Labute approximate surface area is 153 Å². The van der Waals surface area contributed by atoms with Crippen molar-refractivity contribution in [2.75, 3.05) is 52.7 Å². The summed E-state index contributed by atoms with van der Waals surface area (Å²) in [4.78, 5) is 0.138. The lowest BCUT2D eigenvalue weighted by Gasteiger charge is -2.32. The van der Waals surface area contributed by atoms with Gasteiger partial charge in [-0.15, -0.1) is 0 Å². The quantitative estimate of drug-likeness (QED) is 0.362. The number of benzene rings is 1. The predicted molar refractivity (Wildman–Crippen MR) is 90.7 cm³/mol. The molecule has 0 saturated heterocycles. The topological polar surface area (TPSA) is 132 Å². The molecule has 3 N–H and O–H groups in total. The molecule has 0 radical (unpaired) electrons. The van der Waals surface area contributed by atoms with E-state index in [0.717, 1.165) is 5.56 Å². The zero-order chi connectivity index (χ0) is 19.5. The standard InChI is InChI=1S/C16H26O9S/c1-14-2-4-15(5-3-14)26(20,21)13-25-9-16(6-22-10-17,7-23-11-18)8-24-12-19/h2-5,17-19H,6-13H2,1H3. The number of hydrogen-bond donors (Lipinski definition) is 3. The van der Waals surface area contributed by atoms with E-state index in [1.807, 2.05) is 6.92 Å². The van der Waals surface area contributed by atoms with Crippen LogP contribution in [0, 0.1) is 12.3 Å². The lowest BCUT2D eigenvalue weighted by atomic mass is 9.92. The molecule has 1 aromatic carbocycles. The Morgan fingerprint density at radius 2 is 1.23 bits per heavy atom. The molecular weight excluding hydrogens is 368 g/mol. The molecule has 0 spiro atoms. The third-order valence-electron chi connectivity index (χ3n) is 3.53. The minimum absolute atomic E-state index is 0.0892. The molecule has 26 heavy (non-hydrogen) atoms. The van der Waals surface area contributed by atoms with Crippen LogP contribution in [0.4, 0.5) is 0 Å². The van der Waals surface area contributed by atoms with Gasteiger partial charge < -0.3 is 34.3 Å². The van der Waals surface area contributed by atoms with Gasteiger partial charge in [-0.2, -0.15) is 0 Å². The van der Waals surface area contributed by atoms with Gasteiger partial charge in [-0.25, -0.2) is 8.42 Å². The predicted octanol–water partition coefficient (Wildman–Crippen LogP) is -0.372. The summed E-state index contributed by atoms with van der Waals surface area (Å²) < 4.78 is 45.0. The summed E-state index contributed by atoms with van der Waals surface area (Å²) in [7, 11) is -3.65. The van der Waals surface area contributed by atoms with Crippen LogP contribution in [0.25, 0.3) is 0 Å². The summed E-state index contributed by atoms with van der Waals surface area (Å²) in [6, 6.07) is 6.38. The van der Waals surface area contributed by atoms with Crippen LogP contribution in [0.1, 0.15) is 5.56 Å². The van der Waals surface area contributed by atoms with E-state index >= 15 is 0 Å². The second-order valence-electron chi connectivity index (χ2n) is 5.83. The van der Waals surface area contributed by atoms with E-state index in [9.17, 15) is 8.42 Å². The lowest BCUT2D eigenvalue weighted by molar-refractivity contribution is -0.151. The number of aliphatic hydroxyl groups is 3. The Morgan fingerprint density at radius 1 is 0.808 bits per heavy atom. The van der Waals surface area contributed by atoms with Crippen molar-refractivity contribution in [3.63, 3.8) is 0 Å². The van der Waals surface area contributed by atoms with E-state index in [1.54, 1.807) is 12.1 Å². The Morgan fingerprint density at radius 3 is 1.65 bits per heavy atom. The number of rotatable bonds is 14. The molecule has 0 saturated carbocycles. The Kier molecular flexibility index (Phi) is 10.2. The Hall–Kier alpha value is -1.11. The van der Waals surface area contributed by atoms with Crippen molar-refractivity contribution < 1.29 is 42.7 Å². The highest BCUT2D eigenvalue weighted by atomic mass is 32.2. The van der Waals surface area contributed by atoms with Crippen molar-refractivity contribution >= 4 is 9.84 Å². The van der Waals surface area contributed by atoms with Crippen LogP contribution in [-0.2, 0) is 28.8 Å². The molecule has 1 rings (SSSR count). The molecule has 0 aliphatic carbocycles. The highest BCUT2D eigenvalue weighted by Gasteiger charge is 2.33. The van der Waals surface area contributed by atoms with E-state index in [2.05, 4.69) is 0 Å². The van der Waals surface area contributed by atoms with Crippen LogP contribution in [0.5, 0.6) is 0 Å². The maximum absolute atomic E-state index is 12.3. The van der Waals surface area contributed by atoms with Crippen molar-refractivity contribution in [1.29, 1.82) is 0 Å². The third-order valence-corrected chi connectivity index (χ3v) is 4.99. The zero-order valence-corrected chi connectivity index (χ0v) is 15.5. The van der Waals surface area contributed by atoms with Gasteiger partial charge in [-0.1, -0.05) is 17.7 Å². The van der Waals surface area contributed by atoms with Crippen molar-refractivity contribution in [1.82, 2.24) is 0 Å². The summed E-state index contributed by atoms with van der Waals surface area (Å²) in [5, 5.41) is 26.6. The van der Waals surface area contributed by atoms with Gasteiger partial charge in [0.05, 0.1) is 36.7 Å². The van der Waals surface area contributed by atoms with Crippen LogP contribution >= 0.6 is 0 Å². The smallest absolute Gasteiger partial charge is 0.202 e. The molecule has 0 amide bonds. The van der Waals surface area contributed by atoms with Crippen molar-refractivity contribution in [3.05, 3.63) is 29.8 Å². The van der Waals surface area contributed by atoms with E-state index in [4.69, 9.17) is 34.3 Å². The number of ether oxygens (including phenoxy) is 4. The average Bonchev–Trinajstić information content (AvgIpc) is 2.63. The number of aliphatic hydroxyl groups excluding tert-OH is 3. The second-order valence-corrected chi connectivity index (χ2v) is 7.76.